The average Bonchev–Trinajstić information content (AvgIpc) is 2.74. The van der Waals surface area contributed by atoms with Gasteiger partial charge in [-0.15, -0.1) is 0 Å². The predicted octanol–water partition coefficient (Wildman–Crippen LogP) is 6.36. The van der Waals surface area contributed by atoms with E-state index in [0.29, 0.717) is 11.8 Å². The number of morpholine rings is 1. The Kier molecular flexibility index (Phi) is 16.1. The van der Waals surface area contributed by atoms with E-state index in [0.717, 1.165) is 71.5 Å². The maximum absolute atomic E-state index is 5.62. The van der Waals surface area contributed by atoms with Crippen molar-refractivity contribution in [2.24, 2.45) is 0 Å². The minimum Gasteiger partial charge on any atom is -0.467 e. The zero-order chi connectivity index (χ0) is 23.6. The Balaban J connectivity index is 2.11. The zero-order valence-electron chi connectivity index (χ0n) is 21.2. The van der Waals surface area contributed by atoms with Crippen LogP contribution in [0.1, 0.15) is 73.1 Å². The first-order chi connectivity index (χ1) is 15.4. The van der Waals surface area contributed by atoms with Crippen molar-refractivity contribution in [1.82, 2.24) is 10.2 Å². The molecule has 32 heavy (non-hydrogen) atoms. The van der Waals surface area contributed by atoms with Crippen LogP contribution < -0.4 is 5.32 Å². The van der Waals surface area contributed by atoms with E-state index in [4.69, 9.17) is 21.7 Å². The lowest BCUT2D eigenvalue weighted by Crippen LogP contribution is -2.41. The Hall–Kier alpha value is -1.43. The fourth-order valence-corrected chi connectivity index (χ4v) is 3.61. The van der Waals surface area contributed by atoms with Gasteiger partial charge in [-0.3, -0.25) is 4.90 Å². The molecular formula is C27H46N2O2S. The molecule has 0 aliphatic carbocycles. The summed E-state index contributed by atoms with van der Waals surface area (Å²) in [7, 11) is 0. The normalized spacial score (nSPS) is 16.1. The fraction of sp³-hybridized carbons (Fsp3) is 0.667. The molecule has 1 aliphatic heterocycles. The number of nitrogens with zero attached hydrogens (tertiary/aromatic N) is 1. The summed E-state index contributed by atoms with van der Waals surface area (Å²) in [5.74, 6) is 0. The van der Waals surface area contributed by atoms with Gasteiger partial charge in [-0.25, -0.2) is 0 Å². The standard InChI is InChI=1S/C27H46N2O2S/c1-23(2)9-6-10-24(3)11-7-12-25(4)13-8-14-26(5)15-20-31-27(32)28-16-17-29-18-21-30-22-19-29/h9,11,13,15H,6-8,10,12,14,16-22H2,1-5H3,(H,28,32)/b24-11+,25-13+,26-15+. The number of hydrogen-bond donors (Lipinski definition) is 1. The molecule has 4 nitrogen and oxygen atoms in total. The van der Waals surface area contributed by atoms with Crippen molar-refractivity contribution in [2.45, 2.75) is 73.1 Å². The van der Waals surface area contributed by atoms with Gasteiger partial charge in [0.15, 0.2) is 0 Å². The van der Waals surface area contributed by atoms with Crippen molar-refractivity contribution in [3.63, 3.8) is 0 Å². The van der Waals surface area contributed by atoms with Gasteiger partial charge in [0.2, 0.25) is 0 Å². The van der Waals surface area contributed by atoms with Gasteiger partial charge in [0, 0.05) is 26.2 Å². The third-order valence-electron chi connectivity index (χ3n) is 5.60. The maximum atomic E-state index is 5.62. The van der Waals surface area contributed by atoms with Crippen LogP contribution in [0.2, 0.25) is 0 Å². The largest absolute Gasteiger partial charge is 0.467 e. The Labute approximate surface area is 202 Å². The van der Waals surface area contributed by atoms with Crippen molar-refractivity contribution in [1.29, 1.82) is 0 Å². The van der Waals surface area contributed by atoms with Gasteiger partial charge < -0.3 is 14.8 Å². The van der Waals surface area contributed by atoms with Gasteiger partial charge in [-0.05, 0) is 91.4 Å². The quantitative estimate of drug-likeness (QED) is 0.240. The number of nitrogens with one attached hydrogen (secondary N) is 1. The Bertz CT molecular complexity index is 655. The van der Waals surface area contributed by atoms with E-state index in [1.165, 1.54) is 28.7 Å². The molecule has 0 aromatic heterocycles. The van der Waals surface area contributed by atoms with Crippen LogP contribution in [-0.4, -0.2) is 56.1 Å². The highest BCUT2D eigenvalue weighted by Crippen LogP contribution is 2.13. The summed E-state index contributed by atoms with van der Waals surface area (Å²) >= 11 is 5.27. The molecule has 0 bridgehead atoms. The lowest BCUT2D eigenvalue weighted by atomic mass is 10.0. The van der Waals surface area contributed by atoms with Crippen molar-refractivity contribution in [3.8, 4) is 0 Å². The van der Waals surface area contributed by atoms with Gasteiger partial charge in [-0.1, -0.05) is 40.5 Å². The van der Waals surface area contributed by atoms with E-state index >= 15 is 0 Å². The Morgan fingerprint density at radius 2 is 1.38 bits per heavy atom. The van der Waals surface area contributed by atoms with E-state index in [1.54, 1.807) is 0 Å². The molecule has 0 spiro atoms. The SMILES string of the molecule is CC(C)=CCC/C(C)=C/CC/C(C)=C/CC/C(C)=C/COC(=S)NCCN1CCOCC1. The van der Waals surface area contributed by atoms with Crippen molar-refractivity contribution in [2.75, 3.05) is 46.0 Å². The highest BCUT2D eigenvalue weighted by molar-refractivity contribution is 7.80. The molecule has 0 amide bonds. The van der Waals surface area contributed by atoms with Gasteiger partial charge in [-0.2, -0.15) is 0 Å². The van der Waals surface area contributed by atoms with E-state index in [1.807, 2.05) is 0 Å². The Morgan fingerprint density at radius 1 is 0.844 bits per heavy atom. The van der Waals surface area contributed by atoms with Gasteiger partial charge in [0.1, 0.15) is 6.61 Å². The zero-order valence-corrected chi connectivity index (χ0v) is 22.0. The molecule has 0 radical (unpaired) electrons. The molecule has 1 rings (SSSR count). The van der Waals surface area contributed by atoms with E-state index < -0.39 is 0 Å². The predicted molar refractivity (Wildman–Crippen MR) is 142 cm³/mol. The summed E-state index contributed by atoms with van der Waals surface area (Å²) in [6.45, 7) is 17.0. The molecule has 1 aliphatic rings. The summed E-state index contributed by atoms with van der Waals surface area (Å²) in [5, 5.41) is 3.67. The summed E-state index contributed by atoms with van der Waals surface area (Å²) in [6.07, 6.45) is 16.0. The molecule has 0 saturated carbocycles. The number of hydrogen-bond acceptors (Lipinski definition) is 4. The molecule has 1 saturated heterocycles. The summed E-state index contributed by atoms with van der Waals surface area (Å²) in [4.78, 5) is 2.38. The minimum atomic E-state index is 0.488. The second-order valence-electron chi connectivity index (χ2n) is 9.03. The van der Waals surface area contributed by atoms with Crippen molar-refractivity contribution < 1.29 is 9.47 Å². The highest BCUT2D eigenvalue weighted by Gasteiger charge is 2.09. The summed E-state index contributed by atoms with van der Waals surface area (Å²) < 4.78 is 11.0. The third-order valence-corrected chi connectivity index (χ3v) is 5.86. The fourth-order valence-electron chi connectivity index (χ4n) is 3.44. The monoisotopic (exact) mass is 462 g/mol. The smallest absolute Gasteiger partial charge is 0.256 e. The minimum absolute atomic E-state index is 0.488. The van der Waals surface area contributed by atoms with Crippen LogP contribution >= 0.6 is 12.2 Å². The third kappa shape index (κ3) is 16.2. The molecule has 0 aromatic rings. The van der Waals surface area contributed by atoms with E-state index in [9.17, 15) is 0 Å². The number of allylic oxidation sites excluding steroid dienone is 7. The van der Waals surface area contributed by atoms with Crippen LogP contribution in [0.3, 0.4) is 0 Å². The van der Waals surface area contributed by atoms with Gasteiger partial charge in [0.25, 0.3) is 5.17 Å². The Morgan fingerprint density at radius 3 is 1.94 bits per heavy atom. The lowest BCUT2D eigenvalue weighted by molar-refractivity contribution is 0.0388. The average molecular weight is 463 g/mol. The summed E-state index contributed by atoms with van der Waals surface area (Å²) in [6, 6.07) is 0. The molecule has 0 aromatic carbocycles. The number of thiocarbonyl (C=S) groups is 1. The molecule has 0 atom stereocenters. The molecule has 1 heterocycles. The molecule has 5 heteroatoms. The van der Waals surface area contributed by atoms with Crippen molar-refractivity contribution in [3.05, 3.63) is 46.6 Å². The molecular weight excluding hydrogens is 416 g/mol. The highest BCUT2D eigenvalue weighted by atomic mass is 32.1. The van der Waals surface area contributed by atoms with Crippen LogP contribution in [-0.2, 0) is 9.47 Å². The van der Waals surface area contributed by atoms with Gasteiger partial charge in [0.05, 0.1) is 13.2 Å². The van der Waals surface area contributed by atoms with Crippen LogP contribution in [0, 0.1) is 0 Å². The van der Waals surface area contributed by atoms with Crippen LogP contribution in [0.15, 0.2) is 46.6 Å². The van der Waals surface area contributed by atoms with E-state index in [2.05, 4.69) is 69.1 Å². The van der Waals surface area contributed by atoms with Crippen LogP contribution in [0.4, 0.5) is 0 Å². The second kappa shape index (κ2) is 18.0. The van der Waals surface area contributed by atoms with Crippen molar-refractivity contribution >= 4 is 17.4 Å². The van der Waals surface area contributed by atoms with Gasteiger partial charge >= 0.3 is 0 Å². The molecule has 0 unspecified atom stereocenters. The first-order valence-corrected chi connectivity index (χ1v) is 12.6. The number of rotatable bonds is 14. The first-order valence-electron chi connectivity index (χ1n) is 12.2. The van der Waals surface area contributed by atoms with Crippen LogP contribution in [0.25, 0.3) is 0 Å². The topological polar surface area (TPSA) is 33.7 Å². The second-order valence-corrected chi connectivity index (χ2v) is 9.40. The summed E-state index contributed by atoms with van der Waals surface area (Å²) in [5.41, 5.74) is 5.74. The first kappa shape index (κ1) is 28.6. The molecule has 182 valence electrons. The molecule has 1 N–H and O–H groups in total. The van der Waals surface area contributed by atoms with E-state index in [-0.39, 0.29) is 0 Å². The lowest BCUT2D eigenvalue weighted by Gasteiger charge is -2.26. The maximum Gasteiger partial charge on any atom is 0.256 e. The van der Waals surface area contributed by atoms with Crippen LogP contribution in [0.5, 0.6) is 0 Å². The number of ether oxygens (including phenoxy) is 2. The molecule has 1 fully saturated rings.